The molecular formula is C25H19N5O4. The van der Waals surface area contributed by atoms with Crippen LogP contribution in [0, 0.1) is 0 Å². The second-order valence-electron chi connectivity index (χ2n) is 7.44. The number of fused-ring (bicyclic) bond motifs is 1. The second kappa shape index (κ2) is 8.99. The van der Waals surface area contributed by atoms with Gasteiger partial charge < -0.3 is 14.6 Å². The van der Waals surface area contributed by atoms with Crippen LogP contribution in [0.1, 0.15) is 0 Å². The predicted octanol–water partition coefficient (Wildman–Crippen LogP) is 3.76. The molecule has 1 amide bonds. The highest BCUT2D eigenvalue weighted by molar-refractivity contribution is 5.95. The fourth-order valence-electron chi connectivity index (χ4n) is 3.67. The summed E-state index contributed by atoms with van der Waals surface area (Å²) >= 11 is 0. The Bertz CT molecular complexity index is 1540. The SMILES string of the molecule is COc1cccc(NC(=O)Cn2c(=O)cc(-c3nc(-c4ccncc4)no3)c3ccccc32)c1. The van der Waals surface area contributed by atoms with E-state index in [1.807, 2.05) is 12.1 Å². The molecule has 0 aliphatic heterocycles. The molecule has 0 bridgehead atoms. The van der Waals surface area contributed by atoms with Gasteiger partial charge in [0, 0.05) is 41.2 Å². The van der Waals surface area contributed by atoms with Crippen molar-refractivity contribution in [2.75, 3.05) is 12.4 Å². The Kier molecular flexibility index (Phi) is 5.57. The summed E-state index contributed by atoms with van der Waals surface area (Å²) in [6.07, 6.45) is 3.27. The van der Waals surface area contributed by atoms with E-state index in [0.29, 0.717) is 33.7 Å². The first-order chi connectivity index (χ1) is 16.6. The lowest BCUT2D eigenvalue weighted by Crippen LogP contribution is -2.27. The molecule has 9 nitrogen and oxygen atoms in total. The van der Waals surface area contributed by atoms with Crippen molar-refractivity contribution in [2.24, 2.45) is 0 Å². The molecule has 3 heterocycles. The van der Waals surface area contributed by atoms with E-state index < -0.39 is 0 Å². The molecule has 5 aromatic rings. The maximum Gasteiger partial charge on any atom is 0.259 e. The Balaban J connectivity index is 1.49. The van der Waals surface area contributed by atoms with Crippen molar-refractivity contribution in [1.29, 1.82) is 0 Å². The van der Waals surface area contributed by atoms with Crippen molar-refractivity contribution in [3.8, 4) is 28.6 Å². The molecule has 9 heteroatoms. The first kappa shape index (κ1) is 21.1. The summed E-state index contributed by atoms with van der Waals surface area (Å²) in [4.78, 5) is 34.2. The number of hydrogen-bond acceptors (Lipinski definition) is 7. The zero-order valence-corrected chi connectivity index (χ0v) is 18.1. The minimum atomic E-state index is -0.363. The topological polar surface area (TPSA) is 112 Å². The maximum absolute atomic E-state index is 13.1. The van der Waals surface area contributed by atoms with Crippen molar-refractivity contribution < 1.29 is 14.1 Å². The molecule has 0 aliphatic carbocycles. The number of hydrogen-bond donors (Lipinski definition) is 1. The summed E-state index contributed by atoms with van der Waals surface area (Å²) in [6.45, 7) is -0.164. The van der Waals surface area contributed by atoms with Crippen LogP contribution in [0.5, 0.6) is 5.75 Å². The van der Waals surface area contributed by atoms with Crippen molar-refractivity contribution in [2.45, 2.75) is 6.54 Å². The van der Waals surface area contributed by atoms with Gasteiger partial charge in [-0.1, -0.05) is 29.4 Å². The van der Waals surface area contributed by atoms with Gasteiger partial charge in [-0.05, 0) is 30.3 Å². The fraction of sp³-hybridized carbons (Fsp3) is 0.0800. The summed E-state index contributed by atoms with van der Waals surface area (Å²) in [7, 11) is 1.55. The van der Waals surface area contributed by atoms with Crippen molar-refractivity contribution in [3.63, 3.8) is 0 Å². The number of para-hydroxylation sites is 1. The first-order valence-corrected chi connectivity index (χ1v) is 10.4. The number of benzene rings is 2. The number of rotatable bonds is 6. The lowest BCUT2D eigenvalue weighted by atomic mass is 10.1. The molecule has 0 unspecified atom stereocenters. The summed E-state index contributed by atoms with van der Waals surface area (Å²) in [5.41, 5.74) is 2.04. The molecule has 0 radical (unpaired) electrons. The molecule has 0 spiro atoms. The largest absolute Gasteiger partial charge is 0.497 e. The Labute approximate surface area is 193 Å². The summed E-state index contributed by atoms with van der Waals surface area (Å²) in [5.74, 6) is 0.887. The van der Waals surface area contributed by atoms with Crippen molar-refractivity contribution >= 4 is 22.5 Å². The van der Waals surface area contributed by atoms with Gasteiger partial charge >= 0.3 is 0 Å². The van der Waals surface area contributed by atoms with E-state index in [1.165, 1.54) is 10.6 Å². The van der Waals surface area contributed by atoms with Gasteiger partial charge in [-0.15, -0.1) is 0 Å². The van der Waals surface area contributed by atoms with E-state index in [-0.39, 0.29) is 23.9 Å². The van der Waals surface area contributed by atoms with Crippen LogP contribution in [0.15, 0.2) is 88.4 Å². The third kappa shape index (κ3) is 4.14. The van der Waals surface area contributed by atoms with Crippen LogP contribution in [-0.4, -0.2) is 32.7 Å². The van der Waals surface area contributed by atoms with Crippen LogP contribution < -0.4 is 15.6 Å². The third-order valence-corrected chi connectivity index (χ3v) is 5.27. The van der Waals surface area contributed by atoms with Crippen LogP contribution in [-0.2, 0) is 11.3 Å². The number of nitrogens with zero attached hydrogens (tertiary/aromatic N) is 4. The normalized spacial score (nSPS) is 10.9. The molecule has 0 saturated carbocycles. The molecule has 2 aromatic carbocycles. The lowest BCUT2D eigenvalue weighted by molar-refractivity contribution is -0.116. The monoisotopic (exact) mass is 453 g/mol. The van der Waals surface area contributed by atoms with Crippen LogP contribution >= 0.6 is 0 Å². The van der Waals surface area contributed by atoms with Crippen LogP contribution in [0.3, 0.4) is 0 Å². The minimum absolute atomic E-state index is 0.164. The van der Waals surface area contributed by atoms with Gasteiger partial charge in [0.05, 0.1) is 18.2 Å². The zero-order valence-electron chi connectivity index (χ0n) is 18.1. The highest BCUT2D eigenvalue weighted by Crippen LogP contribution is 2.28. The third-order valence-electron chi connectivity index (χ3n) is 5.27. The molecular weight excluding hydrogens is 434 g/mol. The molecule has 1 N–H and O–H groups in total. The van der Waals surface area contributed by atoms with Crippen LogP contribution in [0.2, 0.25) is 0 Å². The molecule has 34 heavy (non-hydrogen) atoms. The molecule has 0 aliphatic rings. The Morgan fingerprint density at radius 2 is 1.88 bits per heavy atom. The number of ether oxygens (including phenoxy) is 1. The maximum atomic E-state index is 13.1. The number of carbonyl (C=O) groups excluding carboxylic acids is 1. The number of amides is 1. The van der Waals surface area contributed by atoms with E-state index in [2.05, 4.69) is 20.4 Å². The minimum Gasteiger partial charge on any atom is -0.497 e. The van der Waals surface area contributed by atoms with Gasteiger partial charge in [0.2, 0.25) is 11.7 Å². The summed E-state index contributed by atoms with van der Waals surface area (Å²) < 4.78 is 12.1. The standard InChI is InChI=1S/C25H19N5O4/c1-33-18-6-4-5-17(13-18)27-22(31)15-30-21-8-3-2-7-19(21)20(14-23(30)32)25-28-24(29-34-25)16-9-11-26-12-10-16/h2-14H,15H2,1H3,(H,27,31). The van der Waals surface area contributed by atoms with Gasteiger partial charge in [0.1, 0.15) is 12.3 Å². The lowest BCUT2D eigenvalue weighted by Gasteiger charge is -2.12. The number of anilines is 1. The average Bonchev–Trinajstić information content (AvgIpc) is 3.36. The Morgan fingerprint density at radius 3 is 2.71 bits per heavy atom. The number of nitrogens with one attached hydrogen (secondary N) is 1. The number of pyridine rings is 2. The van der Waals surface area contributed by atoms with Gasteiger partial charge in [-0.2, -0.15) is 4.98 Å². The smallest absolute Gasteiger partial charge is 0.259 e. The predicted molar refractivity (Wildman–Crippen MR) is 126 cm³/mol. The molecule has 0 fully saturated rings. The highest BCUT2D eigenvalue weighted by atomic mass is 16.5. The summed E-state index contributed by atoms with van der Waals surface area (Å²) in [6, 6.07) is 19.2. The van der Waals surface area contributed by atoms with Crippen LogP contribution in [0.25, 0.3) is 33.7 Å². The van der Waals surface area contributed by atoms with E-state index in [9.17, 15) is 9.59 Å². The molecule has 5 rings (SSSR count). The Hall–Kier alpha value is -4.79. The molecule has 0 saturated heterocycles. The highest BCUT2D eigenvalue weighted by Gasteiger charge is 2.18. The number of aromatic nitrogens is 4. The van der Waals surface area contributed by atoms with E-state index in [0.717, 1.165) is 5.56 Å². The van der Waals surface area contributed by atoms with E-state index in [4.69, 9.17) is 9.26 Å². The van der Waals surface area contributed by atoms with Gasteiger partial charge in [0.15, 0.2) is 0 Å². The van der Waals surface area contributed by atoms with Crippen molar-refractivity contribution in [1.82, 2.24) is 19.7 Å². The number of methoxy groups -OCH3 is 1. The molecule has 0 atom stereocenters. The number of carbonyl (C=O) groups is 1. The first-order valence-electron chi connectivity index (χ1n) is 10.4. The fourth-order valence-corrected chi connectivity index (χ4v) is 3.67. The second-order valence-corrected chi connectivity index (χ2v) is 7.44. The van der Waals surface area contributed by atoms with Gasteiger partial charge in [-0.3, -0.25) is 19.1 Å². The quantitative estimate of drug-likeness (QED) is 0.417. The van der Waals surface area contributed by atoms with Gasteiger partial charge in [-0.25, -0.2) is 0 Å². The zero-order chi connectivity index (χ0) is 23.5. The van der Waals surface area contributed by atoms with E-state index >= 15 is 0 Å². The van der Waals surface area contributed by atoms with E-state index in [1.54, 1.807) is 68.0 Å². The average molecular weight is 453 g/mol. The molecule has 168 valence electrons. The van der Waals surface area contributed by atoms with Crippen LogP contribution in [0.4, 0.5) is 5.69 Å². The summed E-state index contributed by atoms with van der Waals surface area (Å²) in [5, 5.41) is 7.54. The van der Waals surface area contributed by atoms with Gasteiger partial charge in [0.25, 0.3) is 11.4 Å². The Morgan fingerprint density at radius 1 is 1.06 bits per heavy atom. The van der Waals surface area contributed by atoms with Crippen molar-refractivity contribution in [3.05, 3.63) is 89.5 Å². The molecule has 3 aromatic heterocycles.